The lowest BCUT2D eigenvalue weighted by Crippen LogP contribution is -2.02. The van der Waals surface area contributed by atoms with Crippen molar-refractivity contribution >= 4 is 38.8 Å². The van der Waals surface area contributed by atoms with Crippen LogP contribution in [0.15, 0.2) is 57.7 Å². The molecule has 0 atom stereocenters. The molecule has 0 saturated heterocycles. The fourth-order valence-electron chi connectivity index (χ4n) is 3.68. The number of pyridine rings is 2. The summed E-state index contributed by atoms with van der Waals surface area (Å²) >= 11 is 0. The Hall–Kier alpha value is -4.11. The van der Waals surface area contributed by atoms with Crippen molar-refractivity contribution in [1.82, 2.24) is 9.97 Å². The monoisotopic (exact) mass is 366 g/mol. The average molecular weight is 366 g/mol. The fraction of sp³-hybridized carbons (Fsp3) is 0.0455. The van der Waals surface area contributed by atoms with Crippen LogP contribution in [0.25, 0.3) is 44.2 Å². The van der Waals surface area contributed by atoms with Gasteiger partial charge in [-0.2, -0.15) is 10.2 Å². The van der Waals surface area contributed by atoms with E-state index < -0.39 is 0 Å². The molecule has 2 aromatic carbocycles. The normalized spacial score (nSPS) is 11.3. The molecular formula is C22H14N4O2. The van der Waals surface area contributed by atoms with Crippen molar-refractivity contribution in [2.45, 2.75) is 6.92 Å². The van der Waals surface area contributed by atoms with E-state index in [1.165, 1.54) is 12.1 Å². The molecule has 0 aliphatic carbocycles. The molecule has 28 heavy (non-hydrogen) atoms. The van der Waals surface area contributed by atoms with E-state index in [2.05, 4.69) is 16.0 Å². The molecule has 0 spiro atoms. The second kappa shape index (κ2) is 5.69. The van der Waals surface area contributed by atoms with E-state index in [0.29, 0.717) is 16.5 Å². The predicted molar refractivity (Wildman–Crippen MR) is 109 cm³/mol. The summed E-state index contributed by atoms with van der Waals surface area (Å²) in [7, 11) is 0. The highest BCUT2D eigenvalue weighted by atomic mass is 16.3. The Morgan fingerprint density at radius 2 is 1.96 bits per heavy atom. The van der Waals surface area contributed by atoms with E-state index in [4.69, 9.17) is 10.2 Å². The molecule has 5 rings (SSSR count). The largest absolute Gasteiger partial charge is 0.437 e. The van der Waals surface area contributed by atoms with Crippen LogP contribution in [-0.4, -0.2) is 9.97 Å². The number of hydrogen-bond acceptors (Lipinski definition) is 5. The summed E-state index contributed by atoms with van der Waals surface area (Å²) < 4.78 is 5.86. The number of fused-ring (bicyclic) bond motifs is 2. The first-order chi connectivity index (χ1) is 13.6. The number of benzene rings is 2. The highest BCUT2D eigenvalue weighted by molar-refractivity contribution is 6.18. The summed E-state index contributed by atoms with van der Waals surface area (Å²) in [6.45, 7) is 2.03. The van der Waals surface area contributed by atoms with Gasteiger partial charge in [0.05, 0.1) is 10.9 Å². The zero-order valence-electron chi connectivity index (χ0n) is 14.9. The molecule has 134 valence electrons. The molecule has 3 N–H and O–H groups in total. The van der Waals surface area contributed by atoms with Gasteiger partial charge in [-0.15, -0.1) is 0 Å². The zero-order valence-corrected chi connectivity index (χ0v) is 14.9. The highest BCUT2D eigenvalue weighted by Gasteiger charge is 2.19. The van der Waals surface area contributed by atoms with Crippen molar-refractivity contribution in [1.29, 1.82) is 5.26 Å². The van der Waals surface area contributed by atoms with Gasteiger partial charge in [-0.25, -0.2) is 0 Å². The first kappa shape index (κ1) is 16.1. The number of hydrogen-bond donors (Lipinski definition) is 2. The van der Waals surface area contributed by atoms with Crippen LogP contribution in [0.2, 0.25) is 0 Å². The highest BCUT2D eigenvalue weighted by Crippen LogP contribution is 2.37. The van der Waals surface area contributed by atoms with Crippen LogP contribution in [0, 0.1) is 18.3 Å². The molecule has 0 aliphatic heterocycles. The van der Waals surface area contributed by atoms with Crippen molar-refractivity contribution in [2.75, 3.05) is 5.73 Å². The van der Waals surface area contributed by atoms with E-state index in [1.807, 2.05) is 37.3 Å². The third-order valence-corrected chi connectivity index (χ3v) is 5.01. The third kappa shape index (κ3) is 2.20. The molecule has 0 bridgehead atoms. The number of nitrogens with two attached hydrogens (primary N) is 1. The molecule has 6 heteroatoms. The second-order valence-electron chi connectivity index (χ2n) is 6.71. The van der Waals surface area contributed by atoms with Crippen LogP contribution >= 0.6 is 0 Å². The number of nitrogens with one attached hydrogen (secondary N) is 1. The van der Waals surface area contributed by atoms with Crippen LogP contribution in [0.5, 0.6) is 0 Å². The SMILES string of the molecule is Cc1ccccc1-c1cc2c3ccc(=O)cc3oc3nc(N)c(C#N)c([nH]1)c32. The quantitative estimate of drug-likeness (QED) is 0.340. The van der Waals surface area contributed by atoms with Crippen LogP contribution in [0.4, 0.5) is 5.82 Å². The summed E-state index contributed by atoms with van der Waals surface area (Å²) in [5.74, 6) is 0.0795. The van der Waals surface area contributed by atoms with E-state index in [1.54, 1.807) is 6.07 Å². The summed E-state index contributed by atoms with van der Waals surface area (Å²) in [5.41, 5.74) is 10.4. The topological polar surface area (TPSA) is 109 Å². The van der Waals surface area contributed by atoms with Gasteiger partial charge in [-0.1, -0.05) is 24.3 Å². The number of nitriles is 1. The minimum absolute atomic E-state index is 0.0795. The van der Waals surface area contributed by atoms with E-state index in [-0.39, 0.29) is 22.5 Å². The average Bonchev–Trinajstić information content (AvgIpc) is 2.68. The maximum atomic E-state index is 11.8. The second-order valence-corrected chi connectivity index (χ2v) is 6.71. The van der Waals surface area contributed by atoms with E-state index in [9.17, 15) is 10.1 Å². The molecule has 6 nitrogen and oxygen atoms in total. The molecule has 3 heterocycles. The number of aromatic amines is 1. The smallest absolute Gasteiger partial charge is 0.231 e. The number of aromatic nitrogens is 2. The Labute approximate surface area is 158 Å². The Bertz CT molecular complexity index is 1520. The van der Waals surface area contributed by atoms with Gasteiger partial charge in [-0.3, -0.25) is 4.79 Å². The number of anilines is 1. The first-order valence-electron chi connectivity index (χ1n) is 8.71. The van der Waals surface area contributed by atoms with Crippen LogP contribution < -0.4 is 11.2 Å². The minimum atomic E-state index is -0.151. The molecule has 0 radical (unpaired) electrons. The van der Waals surface area contributed by atoms with Gasteiger partial charge in [0.25, 0.3) is 0 Å². The molecule has 0 fully saturated rings. The molecular weight excluding hydrogens is 352 g/mol. The lowest BCUT2D eigenvalue weighted by molar-refractivity contribution is 0.647. The number of nitrogens with zero attached hydrogens (tertiary/aromatic N) is 2. The van der Waals surface area contributed by atoms with Crippen molar-refractivity contribution in [3.05, 3.63) is 69.9 Å². The van der Waals surface area contributed by atoms with Gasteiger partial charge in [0, 0.05) is 28.1 Å². The molecule has 0 saturated carbocycles. The molecule has 3 aromatic heterocycles. The minimum Gasteiger partial charge on any atom is -0.437 e. The Balaban J connectivity index is 2.07. The summed E-state index contributed by atoms with van der Waals surface area (Å²) in [6, 6.07) is 16.8. The van der Waals surface area contributed by atoms with Gasteiger partial charge < -0.3 is 15.1 Å². The Morgan fingerprint density at radius 3 is 2.75 bits per heavy atom. The lowest BCUT2D eigenvalue weighted by Gasteiger charge is -2.14. The summed E-state index contributed by atoms with van der Waals surface area (Å²) in [5, 5.41) is 12.0. The number of aryl methyl sites for hydroxylation is 1. The summed E-state index contributed by atoms with van der Waals surface area (Å²) in [6.07, 6.45) is 0. The van der Waals surface area contributed by atoms with Crippen molar-refractivity contribution in [3.63, 3.8) is 0 Å². The molecule has 0 amide bonds. The van der Waals surface area contributed by atoms with Crippen molar-refractivity contribution in [3.8, 4) is 17.3 Å². The van der Waals surface area contributed by atoms with Gasteiger partial charge in [0.2, 0.25) is 5.71 Å². The number of nitrogen functional groups attached to an aromatic ring is 1. The third-order valence-electron chi connectivity index (χ3n) is 5.01. The van der Waals surface area contributed by atoms with E-state index in [0.717, 1.165) is 27.6 Å². The maximum Gasteiger partial charge on any atom is 0.231 e. The Kier molecular flexibility index (Phi) is 3.27. The molecule has 0 aliphatic rings. The van der Waals surface area contributed by atoms with Gasteiger partial charge in [0.1, 0.15) is 23.0 Å². The van der Waals surface area contributed by atoms with Crippen molar-refractivity contribution in [2.24, 2.45) is 0 Å². The van der Waals surface area contributed by atoms with Crippen LogP contribution in [0.1, 0.15) is 11.1 Å². The number of H-pyrrole nitrogens is 1. The van der Waals surface area contributed by atoms with Gasteiger partial charge >= 0.3 is 0 Å². The van der Waals surface area contributed by atoms with Crippen molar-refractivity contribution < 1.29 is 4.42 Å². The first-order valence-corrected chi connectivity index (χ1v) is 8.71. The molecule has 5 aromatic rings. The van der Waals surface area contributed by atoms with Gasteiger partial charge in [0.15, 0.2) is 5.43 Å². The maximum absolute atomic E-state index is 11.8. The predicted octanol–water partition coefficient (Wildman–Crippen LogP) is 4.25. The van der Waals surface area contributed by atoms with E-state index >= 15 is 0 Å². The number of rotatable bonds is 1. The summed E-state index contributed by atoms with van der Waals surface area (Å²) in [4.78, 5) is 19.4. The lowest BCUT2D eigenvalue weighted by atomic mass is 9.99. The zero-order chi connectivity index (χ0) is 19.4. The van der Waals surface area contributed by atoms with Crippen LogP contribution in [0.3, 0.4) is 0 Å². The molecule has 0 unspecified atom stereocenters. The standard InChI is InChI=1S/C22H14N4O2/c1-11-4-2-3-5-13(11)17-9-15-14-7-6-12(27)8-18(14)28-22-19(15)20(25-17)16(10-23)21(24)26-22/h2-9,25H,1H3,(H2,24,26). The van der Waals surface area contributed by atoms with Gasteiger partial charge in [-0.05, 0) is 30.7 Å². The van der Waals surface area contributed by atoms with Crippen LogP contribution in [-0.2, 0) is 0 Å². The fourth-order valence-corrected chi connectivity index (χ4v) is 3.68. The Morgan fingerprint density at radius 1 is 1.14 bits per heavy atom.